The first-order valence-corrected chi connectivity index (χ1v) is 4.46. The molecule has 0 amide bonds. The number of carbonyl (C=O) groups is 1. The molecular weight excluding hydrogens is 265 g/mol. The number of hydrogen-bond acceptors (Lipinski definition) is 2. The minimum Gasteiger partial charge on any atom is -0.481 e. The molecule has 1 heterocycles. The molecule has 1 aromatic rings. The zero-order valence-electron chi connectivity index (χ0n) is 8.52. The Morgan fingerprint density at radius 3 is 2.33 bits per heavy atom. The standard InChI is InChI=1S/C9H6F5NO3/c10-7(11)4-2-15-8(18)3(1-5(16)17)6(4)9(12,13)14/h2,7H,1H2,(H,15,18)(H,16,17). The smallest absolute Gasteiger partial charge is 0.417 e. The predicted octanol–water partition coefficient (Wildman–Crippen LogP) is 1.96. The van der Waals surface area contributed by atoms with Crippen molar-refractivity contribution in [3.8, 4) is 0 Å². The molecule has 4 nitrogen and oxygen atoms in total. The molecule has 9 heteroatoms. The average Bonchev–Trinajstić information content (AvgIpc) is 2.17. The minimum absolute atomic E-state index is 0.237. The third-order valence-electron chi connectivity index (χ3n) is 2.07. The highest BCUT2D eigenvalue weighted by atomic mass is 19.4. The van der Waals surface area contributed by atoms with Crippen molar-refractivity contribution < 1.29 is 31.9 Å². The second-order valence-corrected chi connectivity index (χ2v) is 3.30. The number of rotatable bonds is 3. The summed E-state index contributed by atoms with van der Waals surface area (Å²) in [7, 11) is 0. The molecule has 0 unspecified atom stereocenters. The lowest BCUT2D eigenvalue weighted by Crippen LogP contribution is -2.25. The van der Waals surface area contributed by atoms with Gasteiger partial charge in [-0.25, -0.2) is 8.78 Å². The number of pyridine rings is 1. The summed E-state index contributed by atoms with van der Waals surface area (Å²) in [6.07, 6.45) is -9.76. The van der Waals surface area contributed by atoms with E-state index in [2.05, 4.69) is 0 Å². The highest BCUT2D eigenvalue weighted by Crippen LogP contribution is 2.37. The lowest BCUT2D eigenvalue weighted by atomic mass is 10.0. The van der Waals surface area contributed by atoms with Crippen LogP contribution >= 0.6 is 0 Å². The van der Waals surface area contributed by atoms with E-state index in [1.165, 1.54) is 0 Å². The zero-order valence-corrected chi connectivity index (χ0v) is 8.52. The van der Waals surface area contributed by atoms with Gasteiger partial charge in [-0.05, 0) is 0 Å². The fraction of sp³-hybridized carbons (Fsp3) is 0.333. The summed E-state index contributed by atoms with van der Waals surface area (Å²) in [5.74, 6) is -1.72. The van der Waals surface area contributed by atoms with Gasteiger partial charge in [0.1, 0.15) is 0 Å². The molecule has 1 rings (SSSR count). The van der Waals surface area contributed by atoms with Crippen LogP contribution in [0.5, 0.6) is 0 Å². The van der Waals surface area contributed by atoms with E-state index in [1.54, 1.807) is 4.98 Å². The van der Waals surface area contributed by atoms with Crippen LogP contribution in [0.3, 0.4) is 0 Å². The van der Waals surface area contributed by atoms with Gasteiger partial charge in [-0.3, -0.25) is 9.59 Å². The van der Waals surface area contributed by atoms with Crippen molar-refractivity contribution in [1.29, 1.82) is 0 Å². The molecule has 0 aliphatic rings. The van der Waals surface area contributed by atoms with Crippen LogP contribution in [0.1, 0.15) is 23.1 Å². The molecule has 0 aliphatic heterocycles. The second-order valence-electron chi connectivity index (χ2n) is 3.30. The van der Waals surface area contributed by atoms with Gasteiger partial charge in [0.05, 0.1) is 12.0 Å². The lowest BCUT2D eigenvalue weighted by Gasteiger charge is -2.15. The van der Waals surface area contributed by atoms with Crippen LogP contribution in [0.4, 0.5) is 22.0 Å². The Hall–Kier alpha value is -1.93. The fourth-order valence-electron chi connectivity index (χ4n) is 1.42. The van der Waals surface area contributed by atoms with Crippen molar-refractivity contribution in [3.63, 3.8) is 0 Å². The van der Waals surface area contributed by atoms with Crippen LogP contribution in [0.2, 0.25) is 0 Å². The summed E-state index contributed by atoms with van der Waals surface area (Å²) < 4.78 is 62.7. The first-order valence-electron chi connectivity index (χ1n) is 4.46. The third-order valence-corrected chi connectivity index (χ3v) is 2.07. The van der Waals surface area contributed by atoms with Crippen LogP contribution in [-0.4, -0.2) is 16.1 Å². The minimum atomic E-state index is -5.23. The molecule has 0 spiro atoms. The first-order chi connectivity index (χ1) is 8.14. The maximum absolute atomic E-state index is 12.6. The van der Waals surface area contributed by atoms with Gasteiger partial charge in [0, 0.05) is 17.3 Å². The molecule has 100 valence electrons. The van der Waals surface area contributed by atoms with E-state index in [4.69, 9.17) is 5.11 Å². The largest absolute Gasteiger partial charge is 0.481 e. The van der Waals surface area contributed by atoms with Crippen molar-refractivity contribution >= 4 is 5.97 Å². The van der Waals surface area contributed by atoms with Gasteiger partial charge in [-0.15, -0.1) is 0 Å². The van der Waals surface area contributed by atoms with E-state index >= 15 is 0 Å². The summed E-state index contributed by atoms with van der Waals surface area (Å²) >= 11 is 0. The summed E-state index contributed by atoms with van der Waals surface area (Å²) in [4.78, 5) is 23.2. The number of aromatic nitrogens is 1. The van der Waals surface area contributed by atoms with Crippen LogP contribution in [-0.2, 0) is 17.4 Å². The number of alkyl halides is 5. The van der Waals surface area contributed by atoms with Gasteiger partial charge < -0.3 is 10.1 Å². The van der Waals surface area contributed by atoms with Gasteiger partial charge in [-0.1, -0.05) is 0 Å². The predicted molar refractivity (Wildman–Crippen MR) is 48.4 cm³/mol. The van der Waals surface area contributed by atoms with E-state index in [9.17, 15) is 31.5 Å². The van der Waals surface area contributed by atoms with Gasteiger partial charge >= 0.3 is 12.1 Å². The molecular formula is C9H6F5NO3. The number of carboxylic acids is 1. The molecule has 0 radical (unpaired) electrons. The molecule has 0 fully saturated rings. The van der Waals surface area contributed by atoms with Gasteiger partial charge in [0.2, 0.25) is 0 Å². The number of carboxylic acid groups (broad SMARTS) is 1. The Morgan fingerprint density at radius 1 is 1.39 bits per heavy atom. The Labute approximate surface area is 96.1 Å². The molecule has 18 heavy (non-hydrogen) atoms. The quantitative estimate of drug-likeness (QED) is 0.825. The lowest BCUT2D eigenvalue weighted by molar-refractivity contribution is -0.141. The molecule has 0 aliphatic carbocycles. The van der Waals surface area contributed by atoms with E-state index in [1.807, 2.05) is 0 Å². The van der Waals surface area contributed by atoms with Gasteiger partial charge in [0.15, 0.2) is 0 Å². The molecule has 0 atom stereocenters. The Morgan fingerprint density at radius 2 is 1.94 bits per heavy atom. The Bertz CT molecular complexity index is 520. The fourth-order valence-corrected chi connectivity index (χ4v) is 1.42. The molecule has 0 saturated carbocycles. The van der Waals surface area contributed by atoms with Crippen molar-refractivity contribution in [2.75, 3.05) is 0 Å². The second kappa shape index (κ2) is 4.75. The molecule has 0 aromatic carbocycles. The molecule has 2 N–H and O–H groups in total. The summed E-state index contributed by atoms with van der Waals surface area (Å²) in [6.45, 7) is 0. The van der Waals surface area contributed by atoms with Crippen molar-refractivity contribution in [2.45, 2.75) is 19.0 Å². The van der Waals surface area contributed by atoms with E-state index in [0.29, 0.717) is 0 Å². The Balaban J connectivity index is 3.61. The van der Waals surface area contributed by atoms with Crippen molar-refractivity contribution in [2.24, 2.45) is 0 Å². The van der Waals surface area contributed by atoms with Crippen molar-refractivity contribution in [1.82, 2.24) is 4.98 Å². The van der Waals surface area contributed by atoms with Crippen LogP contribution in [0.25, 0.3) is 0 Å². The summed E-state index contributed by atoms with van der Waals surface area (Å²) in [5, 5.41) is 8.40. The molecule has 0 bridgehead atoms. The highest BCUT2D eigenvalue weighted by Gasteiger charge is 2.40. The van der Waals surface area contributed by atoms with Crippen LogP contribution in [0.15, 0.2) is 11.0 Å². The summed E-state index contributed by atoms with van der Waals surface area (Å²) in [5.41, 5.74) is -5.91. The normalized spacial score (nSPS) is 11.9. The van der Waals surface area contributed by atoms with E-state index < -0.39 is 47.2 Å². The highest BCUT2D eigenvalue weighted by molar-refractivity contribution is 5.71. The molecule has 0 saturated heterocycles. The number of aliphatic carboxylic acids is 1. The van der Waals surface area contributed by atoms with Crippen LogP contribution < -0.4 is 5.56 Å². The SMILES string of the molecule is O=C(O)Cc1c(C(F)(F)F)c(C(F)F)c[nH]c1=O. The number of hydrogen-bond donors (Lipinski definition) is 2. The maximum Gasteiger partial charge on any atom is 0.417 e. The summed E-state index contributed by atoms with van der Waals surface area (Å²) in [6, 6.07) is 0. The topological polar surface area (TPSA) is 70.2 Å². The average molecular weight is 271 g/mol. The maximum atomic E-state index is 12.6. The number of H-pyrrole nitrogens is 1. The number of halogens is 5. The zero-order chi connectivity index (χ0) is 14.1. The number of aromatic amines is 1. The van der Waals surface area contributed by atoms with Gasteiger partial charge in [-0.2, -0.15) is 13.2 Å². The first kappa shape index (κ1) is 14.1. The molecule has 1 aromatic heterocycles. The van der Waals surface area contributed by atoms with Gasteiger partial charge in [0.25, 0.3) is 12.0 Å². The monoisotopic (exact) mass is 271 g/mol. The van der Waals surface area contributed by atoms with E-state index in [-0.39, 0.29) is 6.20 Å². The third kappa shape index (κ3) is 2.84. The number of nitrogens with one attached hydrogen (secondary N) is 1. The van der Waals surface area contributed by atoms with E-state index in [0.717, 1.165) is 0 Å². The Kier molecular flexibility index (Phi) is 3.73. The van der Waals surface area contributed by atoms with Crippen molar-refractivity contribution in [3.05, 3.63) is 33.2 Å². The van der Waals surface area contributed by atoms with Crippen LogP contribution in [0, 0.1) is 0 Å².